The van der Waals surface area contributed by atoms with Crippen LogP contribution in [0.25, 0.3) is 6.08 Å². The molecule has 0 radical (unpaired) electrons. The molecule has 2 amide bonds. The van der Waals surface area contributed by atoms with E-state index >= 15 is 0 Å². The molecule has 1 saturated carbocycles. The van der Waals surface area contributed by atoms with E-state index in [1.165, 1.54) is 6.42 Å². The van der Waals surface area contributed by atoms with Crippen LogP contribution in [0.3, 0.4) is 0 Å². The highest BCUT2D eigenvalue weighted by Gasteiger charge is 2.47. The van der Waals surface area contributed by atoms with Crippen molar-refractivity contribution >= 4 is 17.9 Å². The van der Waals surface area contributed by atoms with Crippen LogP contribution in [0.2, 0.25) is 0 Å². The lowest BCUT2D eigenvalue weighted by molar-refractivity contribution is -0.146. The fraction of sp³-hybridized carbons (Fsp3) is 0.545. The van der Waals surface area contributed by atoms with Gasteiger partial charge in [-0.1, -0.05) is 43.2 Å². The van der Waals surface area contributed by atoms with Crippen LogP contribution < -0.4 is 0 Å². The number of hydrogen-bond acceptors (Lipinski definition) is 3. The smallest absolute Gasteiger partial charge is 0.247 e. The summed E-state index contributed by atoms with van der Waals surface area (Å²) in [6, 6.07) is 9.74. The molecular weight excluding hydrogens is 340 g/mol. The molecule has 144 valence electrons. The fourth-order valence-electron chi connectivity index (χ4n) is 4.81. The number of hydrogen-bond donors (Lipinski definition) is 0. The average molecular weight is 368 g/mol. The van der Waals surface area contributed by atoms with E-state index < -0.39 is 0 Å². The normalized spacial score (nSPS) is 28.4. The largest absolute Gasteiger partial charge is 0.378 e. The molecule has 1 aromatic carbocycles. The van der Waals surface area contributed by atoms with E-state index in [9.17, 15) is 9.59 Å². The Morgan fingerprint density at radius 1 is 1.04 bits per heavy atom. The van der Waals surface area contributed by atoms with Crippen LogP contribution in [0.5, 0.6) is 0 Å². The first-order valence-corrected chi connectivity index (χ1v) is 10.2. The van der Waals surface area contributed by atoms with Crippen molar-refractivity contribution in [2.45, 2.75) is 44.2 Å². The van der Waals surface area contributed by atoms with Gasteiger partial charge in [0.15, 0.2) is 0 Å². The van der Waals surface area contributed by atoms with Gasteiger partial charge in [0.05, 0.1) is 13.2 Å². The number of carbonyl (C=O) groups is 2. The second kappa shape index (κ2) is 8.26. The Bertz CT molecular complexity index is 697. The van der Waals surface area contributed by atoms with Crippen LogP contribution in [-0.4, -0.2) is 60.0 Å². The van der Waals surface area contributed by atoms with Crippen LogP contribution in [0.1, 0.15) is 37.7 Å². The quantitative estimate of drug-likeness (QED) is 0.771. The molecule has 5 heteroatoms. The van der Waals surface area contributed by atoms with Gasteiger partial charge < -0.3 is 14.5 Å². The van der Waals surface area contributed by atoms with Gasteiger partial charge in [-0.05, 0) is 36.8 Å². The van der Waals surface area contributed by atoms with Gasteiger partial charge in [-0.15, -0.1) is 0 Å². The van der Waals surface area contributed by atoms with Gasteiger partial charge in [0.2, 0.25) is 11.8 Å². The molecule has 3 unspecified atom stereocenters. The molecule has 2 aliphatic heterocycles. The number of amides is 2. The predicted molar refractivity (Wildman–Crippen MR) is 104 cm³/mol. The Morgan fingerprint density at radius 2 is 1.78 bits per heavy atom. The summed E-state index contributed by atoms with van der Waals surface area (Å²) in [4.78, 5) is 30.1. The number of likely N-dealkylation sites (tertiary alicyclic amines) is 1. The van der Waals surface area contributed by atoms with Crippen molar-refractivity contribution in [1.82, 2.24) is 9.80 Å². The van der Waals surface area contributed by atoms with Crippen molar-refractivity contribution < 1.29 is 14.3 Å². The molecule has 2 heterocycles. The summed E-state index contributed by atoms with van der Waals surface area (Å²) in [5.41, 5.74) is 1.00. The minimum atomic E-state index is -0.316. The van der Waals surface area contributed by atoms with E-state index in [4.69, 9.17) is 4.74 Å². The lowest BCUT2D eigenvalue weighted by atomic mass is 9.84. The summed E-state index contributed by atoms with van der Waals surface area (Å²) >= 11 is 0. The van der Waals surface area contributed by atoms with Crippen molar-refractivity contribution in [3.8, 4) is 0 Å². The van der Waals surface area contributed by atoms with Gasteiger partial charge >= 0.3 is 0 Å². The number of benzene rings is 1. The van der Waals surface area contributed by atoms with Gasteiger partial charge in [0, 0.05) is 25.2 Å². The zero-order valence-electron chi connectivity index (χ0n) is 15.8. The minimum Gasteiger partial charge on any atom is -0.378 e. The molecule has 5 nitrogen and oxygen atoms in total. The number of nitrogens with zero attached hydrogens (tertiary/aromatic N) is 2. The van der Waals surface area contributed by atoms with Gasteiger partial charge in [-0.3, -0.25) is 9.59 Å². The van der Waals surface area contributed by atoms with E-state index in [1.807, 2.05) is 46.2 Å². The molecule has 3 fully saturated rings. The second-order valence-electron chi connectivity index (χ2n) is 7.79. The van der Waals surface area contributed by atoms with Gasteiger partial charge in [-0.2, -0.15) is 0 Å². The molecule has 2 saturated heterocycles. The lowest BCUT2D eigenvalue weighted by Gasteiger charge is -2.35. The maximum Gasteiger partial charge on any atom is 0.247 e. The summed E-state index contributed by atoms with van der Waals surface area (Å²) in [6.45, 7) is 2.44. The molecular formula is C22H28N2O3. The van der Waals surface area contributed by atoms with Crippen molar-refractivity contribution in [2.75, 3.05) is 26.3 Å². The average Bonchev–Trinajstić information content (AvgIpc) is 3.12. The van der Waals surface area contributed by atoms with Crippen molar-refractivity contribution in [3.63, 3.8) is 0 Å². The summed E-state index contributed by atoms with van der Waals surface area (Å²) < 4.78 is 5.38. The summed E-state index contributed by atoms with van der Waals surface area (Å²) in [5, 5.41) is 0. The first kappa shape index (κ1) is 18.2. The minimum absolute atomic E-state index is 0.0279. The van der Waals surface area contributed by atoms with Crippen LogP contribution >= 0.6 is 0 Å². The van der Waals surface area contributed by atoms with Crippen LogP contribution in [0, 0.1) is 5.92 Å². The third kappa shape index (κ3) is 3.93. The van der Waals surface area contributed by atoms with E-state index in [-0.39, 0.29) is 23.9 Å². The van der Waals surface area contributed by atoms with E-state index in [1.54, 1.807) is 6.08 Å². The van der Waals surface area contributed by atoms with E-state index in [0.29, 0.717) is 32.2 Å². The van der Waals surface area contributed by atoms with E-state index in [0.717, 1.165) is 31.2 Å². The highest BCUT2D eigenvalue weighted by molar-refractivity contribution is 5.96. The van der Waals surface area contributed by atoms with Gasteiger partial charge in [0.25, 0.3) is 0 Å². The van der Waals surface area contributed by atoms with Crippen LogP contribution in [-0.2, 0) is 14.3 Å². The number of ether oxygens (including phenoxy) is 1. The third-order valence-corrected chi connectivity index (χ3v) is 6.17. The first-order chi connectivity index (χ1) is 13.2. The molecule has 3 atom stereocenters. The Balaban J connectivity index is 1.54. The zero-order valence-corrected chi connectivity index (χ0v) is 15.8. The van der Waals surface area contributed by atoms with Crippen molar-refractivity contribution in [3.05, 3.63) is 42.0 Å². The lowest BCUT2D eigenvalue weighted by Crippen LogP contribution is -2.52. The Hall–Kier alpha value is -2.14. The third-order valence-electron chi connectivity index (χ3n) is 6.17. The Kier molecular flexibility index (Phi) is 5.58. The first-order valence-electron chi connectivity index (χ1n) is 10.2. The second-order valence-corrected chi connectivity index (χ2v) is 7.79. The molecule has 3 aliphatic rings. The highest BCUT2D eigenvalue weighted by atomic mass is 16.5. The molecule has 0 bridgehead atoms. The monoisotopic (exact) mass is 368 g/mol. The van der Waals surface area contributed by atoms with Crippen molar-refractivity contribution in [2.24, 2.45) is 5.92 Å². The Labute approximate surface area is 161 Å². The number of carbonyl (C=O) groups excluding carboxylic acids is 2. The molecule has 0 N–H and O–H groups in total. The molecule has 1 aromatic rings. The SMILES string of the molecule is O=C(C1CC2CCCCC2N1C(=O)C=Cc1ccccc1)N1CCOCC1. The molecule has 27 heavy (non-hydrogen) atoms. The maximum atomic E-state index is 13.2. The maximum absolute atomic E-state index is 13.2. The van der Waals surface area contributed by atoms with Gasteiger partial charge in [0.1, 0.15) is 6.04 Å². The van der Waals surface area contributed by atoms with Crippen molar-refractivity contribution in [1.29, 1.82) is 0 Å². The summed E-state index contributed by atoms with van der Waals surface area (Å²) in [7, 11) is 0. The Morgan fingerprint density at radius 3 is 2.56 bits per heavy atom. The van der Waals surface area contributed by atoms with E-state index in [2.05, 4.69) is 0 Å². The highest BCUT2D eigenvalue weighted by Crippen LogP contribution is 2.40. The number of fused-ring (bicyclic) bond motifs is 1. The summed E-state index contributed by atoms with van der Waals surface area (Å²) in [6.07, 6.45) is 8.81. The number of morpholine rings is 1. The number of rotatable bonds is 3. The van der Waals surface area contributed by atoms with Gasteiger partial charge in [-0.25, -0.2) is 0 Å². The molecule has 4 rings (SSSR count). The molecule has 1 aliphatic carbocycles. The molecule has 0 spiro atoms. The summed E-state index contributed by atoms with van der Waals surface area (Å²) in [5.74, 6) is 0.539. The van der Waals surface area contributed by atoms with Crippen LogP contribution in [0.4, 0.5) is 0 Å². The zero-order chi connectivity index (χ0) is 18.6. The predicted octanol–water partition coefficient (Wildman–Crippen LogP) is 2.72. The topological polar surface area (TPSA) is 49.9 Å². The molecule has 0 aromatic heterocycles. The van der Waals surface area contributed by atoms with Crippen LogP contribution in [0.15, 0.2) is 36.4 Å². The standard InChI is InChI=1S/C22H28N2O3/c25-21(11-10-17-6-2-1-3-7-17)24-19-9-5-4-8-18(19)16-20(24)22(26)23-12-14-27-15-13-23/h1-3,6-7,10-11,18-20H,4-5,8-9,12-16H2. The fourth-order valence-corrected chi connectivity index (χ4v) is 4.81.